The van der Waals surface area contributed by atoms with Crippen LogP contribution in [-0.2, 0) is 0 Å². The highest BCUT2D eigenvalue weighted by atomic mass is 35.5. The van der Waals surface area contributed by atoms with Crippen molar-refractivity contribution < 1.29 is 9.84 Å². The summed E-state index contributed by atoms with van der Waals surface area (Å²) in [4.78, 5) is 0. The highest BCUT2D eigenvalue weighted by Crippen LogP contribution is 2.25. The Morgan fingerprint density at radius 3 is 2.61 bits per heavy atom. The maximum Gasteiger partial charge on any atom is 0.127 e. The van der Waals surface area contributed by atoms with Crippen LogP contribution in [0.5, 0.6) is 5.75 Å². The Kier molecular flexibility index (Phi) is 5.92. The fourth-order valence-electron chi connectivity index (χ4n) is 1.73. The number of halogens is 1. The molecule has 2 rings (SSSR count). The largest absolute Gasteiger partial charge is 0.493 e. The molecule has 2 aromatic rings. The SMILES string of the molecule is Cl.NC(CO)CCOc1cccc2ccccc12. The van der Waals surface area contributed by atoms with E-state index in [0.717, 1.165) is 16.5 Å². The Hall–Kier alpha value is -1.29. The molecule has 0 aliphatic rings. The van der Waals surface area contributed by atoms with Gasteiger partial charge in [0.1, 0.15) is 5.75 Å². The summed E-state index contributed by atoms with van der Waals surface area (Å²) in [6.45, 7) is 0.522. The second kappa shape index (κ2) is 7.21. The van der Waals surface area contributed by atoms with Crippen LogP contribution >= 0.6 is 12.4 Å². The molecule has 18 heavy (non-hydrogen) atoms. The summed E-state index contributed by atoms with van der Waals surface area (Å²) in [7, 11) is 0. The molecule has 0 spiro atoms. The normalized spacial score (nSPS) is 11.9. The van der Waals surface area contributed by atoms with Gasteiger partial charge in [-0.15, -0.1) is 12.4 Å². The molecule has 1 atom stereocenters. The molecule has 4 heteroatoms. The van der Waals surface area contributed by atoms with Gasteiger partial charge in [0.25, 0.3) is 0 Å². The van der Waals surface area contributed by atoms with Crippen molar-refractivity contribution in [3.8, 4) is 5.75 Å². The Morgan fingerprint density at radius 1 is 1.11 bits per heavy atom. The molecule has 2 aromatic carbocycles. The van der Waals surface area contributed by atoms with Crippen molar-refractivity contribution in [3.05, 3.63) is 42.5 Å². The molecular formula is C14H18ClNO2. The Labute approximate surface area is 113 Å². The molecule has 0 radical (unpaired) electrons. The maximum absolute atomic E-state index is 8.82. The zero-order valence-electron chi connectivity index (χ0n) is 10.1. The predicted molar refractivity (Wildman–Crippen MR) is 76.4 cm³/mol. The van der Waals surface area contributed by atoms with Gasteiger partial charge in [0.05, 0.1) is 13.2 Å². The lowest BCUT2D eigenvalue weighted by Gasteiger charge is -2.11. The van der Waals surface area contributed by atoms with Gasteiger partial charge in [0.15, 0.2) is 0 Å². The minimum absolute atomic E-state index is 0. The molecule has 0 bridgehead atoms. The number of nitrogens with two attached hydrogens (primary N) is 1. The molecule has 0 saturated heterocycles. The maximum atomic E-state index is 8.82. The van der Waals surface area contributed by atoms with Gasteiger partial charge in [0.2, 0.25) is 0 Å². The first-order valence-electron chi connectivity index (χ1n) is 5.78. The molecule has 0 heterocycles. The zero-order valence-corrected chi connectivity index (χ0v) is 10.9. The minimum Gasteiger partial charge on any atom is -0.493 e. The molecule has 0 fully saturated rings. The molecule has 0 aliphatic carbocycles. The van der Waals surface area contributed by atoms with E-state index in [1.807, 2.05) is 30.3 Å². The van der Waals surface area contributed by atoms with Crippen molar-refractivity contribution in [2.24, 2.45) is 5.73 Å². The van der Waals surface area contributed by atoms with Crippen LogP contribution in [0.4, 0.5) is 0 Å². The van der Waals surface area contributed by atoms with Gasteiger partial charge in [-0.2, -0.15) is 0 Å². The van der Waals surface area contributed by atoms with Crippen LogP contribution < -0.4 is 10.5 Å². The lowest BCUT2D eigenvalue weighted by atomic mass is 10.1. The summed E-state index contributed by atoms with van der Waals surface area (Å²) < 4.78 is 5.70. The standard InChI is InChI=1S/C14H17NO2.ClH/c15-12(10-16)8-9-17-14-7-3-5-11-4-1-2-6-13(11)14;/h1-7,12,16H,8-10,15H2;1H. The second-order valence-electron chi connectivity index (χ2n) is 4.06. The molecule has 98 valence electrons. The third kappa shape index (κ3) is 3.60. The average Bonchev–Trinajstić information content (AvgIpc) is 2.39. The summed E-state index contributed by atoms with van der Waals surface area (Å²) in [6, 6.07) is 13.9. The van der Waals surface area contributed by atoms with E-state index >= 15 is 0 Å². The van der Waals surface area contributed by atoms with Crippen molar-refractivity contribution in [2.75, 3.05) is 13.2 Å². The summed E-state index contributed by atoms with van der Waals surface area (Å²) in [5.74, 6) is 0.869. The van der Waals surface area contributed by atoms with Gasteiger partial charge in [-0.3, -0.25) is 0 Å². The van der Waals surface area contributed by atoms with Gasteiger partial charge < -0.3 is 15.6 Å². The van der Waals surface area contributed by atoms with Gasteiger partial charge >= 0.3 is 0 Å². The van der Waals surface area contributed by atoms with Gasteiger partial charge in [-0.05, 0) is 17.9 Å². The topological polar surface area (TPSA) is 55.5 Å². The molecular weight excluding hydrogens is 250 g/mol. The fourth-order valence-corrected chi connectivity index (χ4v) is 1.73. The zero-order chi connectivity index (χ0) is 12.1. The Morgan fingerprint density at radius 2 is 1.83 bits per heavy atom. The Balaban J connectivity index is 0.00000162. The number of fused-ring (bicyclic) bond motifs is 1. The van der Waals surface area contributed by atoms with E-state index in [1.165, 1.54) is 0 Å². The summed E-state index contributed by atoms with van der Waals surface area (Å²) >= 11 is 0. The number of aliphatic hydroxyl groups is 1. The van der Waals surface area contributed by atoms with Crippen molar-refractivity contribution in [1.29, 1.82) is 0 Å². The first kappa shape index (κ1) is 14.8. The van der Waals surface area contributed by atoms with Gasteiger partial charge in [0, 0.05) is 11.4 Å². The van der Waals surface area contributed by atoms with Crippen LogP contribution in [0.25, 0.3) is 10.8 Å². The van der Waals surface area contributed by atoms with E-state index in [1.54, 1.807) is 0 Å². The molecule has 3 nitrogen and oxygen atoms in total. The average molecular weight is 268 g/mol. The monoisotopic (exact) mass is 267 g/mol. The van der Waals surface area contributed by atoms with E-state index in [2.05, 4.69) is 12.1 Å². The van der Waals surface area contributed by atoms with Crippen molar-refractivity contribution >= 4 is 23.2 Å². The summed E-state index contributed by atoms with van der Waals surface area (Å²) in [5, 5.41) is 11.1. The third-order valence-electron chi connectivity index (χ3n) is 2.73. The molecule has 3 N–H and O–H groups in total. The third-order valence-corrected chi connectivity index (χ3v) is 2.73. The lowest BCUT2D eigenvalue weighted by Crippen LogP contribution is -2.26. The summed E-state index contributed by atoms with van der Waals surface area (Å²) in [5.41, 5.74) is 5.62. The highest BCUT2D eigenvalue weighted by Gasteiger charge is 2.03. The van der Waals surface area contributed by atoms with E-state index < -0.39 is 0 Å². The van der Waals surface area contributed by atoms with Crippen LogP contribution in [0.2, 0.25) is 0 Å². The first-order chi connectivity index (χ1) is 8.31. The highest BCUT2D eigenvalue weighted by molar-refractivity contribution is 5.88. The molecule has 1 unspecified atom stereocenters. The number of hydrogen-bond donors (Lipinski definition) is 2. The predicted octanol–water partition coefficient (Wildman–Crippen LogP) is 2.35. The molecule has 0 saturated carbocycles. The Bertz CT molecular complexity index is 485. The van der Waals surface area contributed by atoms with Gasteiger partial charge in [-0.25, -0.2) is 0 Å². The van der Waals surface area contributed by atoms with E-state index in [-0.39, 0.29) is 25.1 Å². The second-order valence-corrected chi connectivity index (χ2v) is 4.06. The van der Waals surface area contributed by atoms with Crippen LogP contribution in [-0.4, -0.2) is 24.4 Å². The molecule has 0 amide bonds. The smallest absolute Gasteiger partial charge is 0.127 e. The number of rotatable bonds is 5. The van der Waals surface area contributed by atoms with Crippen molar-refractivity contribution in [3.63, 3.8) is 0 Å². The van der Waals surface area contributed by atoms with E-state index in [0.29, 0.717) is 13.0 Å². The quantitative estimate of drug-likeness (QED) is 0.874. The number of ether oxygens (including phenoxy) is 1. The summed E-state index contributed by atoms with van der Waals surface area (Å²) in [6.07, 6.45) is 0.653. The van der Waals surface area contributed by atoms with Gasteiger partial charge in [-0.1, -0.05) is 36.4 Å². The van der Waals surface area contributed by atoms with Crippen LogP contribution in [0.1, 0.15) is 6.42 Å². The molecule has 0 aromatic heterocycles. The van der Waals surface area contributed by atoms with Crippen molar-refractivity contribution in [1.82, 2.24) is 0 Å². The van der Waals surface area contributed by atoms with Crippen molar-refractivity contribution in [2.45, 2.75) is 12.5 Å². The molecule has 0 aliphatic heterocycles. The van der Waals surface area contributed by atoms with E-state index in [9.17, 15) is 0 Å². The van der Waals surface area contributed by atoms with Crippen LogP contribution in [0.15, 0.2) is 42.5 Å². The van der Waals surface area contributed by atoms with E-state index in [4.69, 9.17) is 15.6 Å². The fraction of sp³-hybridized carbons (Fsp3) is 0.286. The number of aliphatic hydroxyl groups excluding tert-OH is 1. The van der Waals surface area contributed by atoms with Crippen LogP contribution in [0, 0.1) is 0 Å². The first-order valence-corrected chi connectivity index (χ1v) is 5.78. The van der Waals surface area contributed by atoms with Crippen LogP contribution in [0.3, 0.4) is 0 Å². The minimum atomic E-state index is -0.204. The lowest BCUT2D eigenvalue weighted by molar-refractivity contribution is 0.231. The number of benzene rings is 2. The number of hydrogen-bond acceptors (Lipinski definition) is 3.